The van der Waals surface area contributed by atoms with Gasteiger partial charge in [-0.15, -0.1) is 0 Å². The summed E-state index contributed by atoms with van der Waals surface area (Å²) in [4.78, 5) is 5.78. The van der Waals surface area contributed by atoms with Gasteiger partial charge in [0.05, 0.1) is 24.6 Å². The van der Waals surface area contributed by atoms with Crippen molar-refractivity contribution in [3.05, 3.63) is 53.9 Å². The zero-order valence-electron chi connectivity index (χ0n) is 12.1. The Bertz CT molecular complexity index is 631. The van der Waals surface area contributed by atoms with E-state index in [2.05, 4.69) is 10.3 Å². The minimum Gasteiger partial charge on any atom is -0.378 e. The lowest BCUT2D eigenvalue weighted by Gasteiger charge is -2.29. The molecule has 22 heavy (non-hydrogen) atoms. The minimum absolute atomic E-state index is 0.151. The second-order valence-electron chi connectivity index (χ2n) is 5.10. The monoisotopic (exact) mass is 305 g/mol. The van der Waals surface area contributed by atoms with E-state index < -0.39 is 11.6 Å². The first-order valence-electron chi connectivity index (χ1n) is 7.18. The summed E-state index contributed by atoms with van der Waals surface area (Å²) < 4.78 is 33.7. The van der Waals surface area contributed by atoms with Gasteiger partial charge in [0.2, 0.25) is 0 Å². The Kier molecular flexibility index (Phi) is 4.48. The predicted octanol–water partition coefficient (Wildman–Crippen LogP) is 2.81. The van der Waals surface area contributed by atoms with E-state index in [0.29, 0.717) is 32.8 Å². The van der Waals surface area contributed by atoms with E-state index in [9.17, 15) is 8.78 Å². The van der Waals surface area contributed by atoms with Gasteiger partial charge in [-0.05, 0) is 11.6 Å². The van der Waals surface area contributed by atoms with E-state index in [1.54, 1.807) is 23.4 Å². The van der Waals surface area contributed by atoms with E-state index in [-0.39, 0.29) is 11.4 Å². The molecule has 0 atom stereocenters. The number of rotatable bonds is 4. The molecule has 1 aliphatic heterocycles. The Hall–Kier alpha value is -2.21. The fourth-order valence-electron chi connectivity index (χ4n) is 2.42. The molecule has 1 N–H and O–H groups in total. The molecule has 1 fully saturated rings. The smallest absolute Gasteiger partial charge is 0.148 e. The molecule has 0 aliphatic carbocycles. The maximum Gasteiger partial charge on any atom is 0.148 e. The molecule has 0 amide bonds. The SMILES string of the molecule is Fc1cc(N2CCOCC2)c(F)cc1NCc1cccnc1. The number of nitrogens with zero attached hydrogens (tertiary/aromatic N) is 2. The van der Waals surface area contributed by atoms with Gasteiger partial charge >= 0.3 is 0 Å². The Balaban J connectivity index is 1.74. The highest BCUT2D eigenvalue weighted by molar-refractivity contribution is 5.57. The lowest BCUT2D eigenvalue weighted by atomic mass is 10.2. The van der Waals surface area contributed by atoms with Gasteiger partial charge in [0.15, 0.2) is 0 Å². The number of hydrogen-bond donors (Lipinski definition) is 1. The van der Waals surface area contributed by atoms with Crippen molar-refractivity contribution in [3.8, 4) is 0 Å². The fourth-order valence-corrected chi connectivity index (χ4v) is 2.42. The number of halogens is 2. The number of ether oxygens (including phenoxy) is 1. The fraction of sp³-hybridized carbons (Fsp3) is 0.312. The molecule has 1 aromatic carbocycles. The molecule has 2 aromatic rings. The van der Waals surface area contributed by atoms with Crippen LogP contribution in [0.15, 0.2) is 36.7 Å². The van der Waals surface area contributed by atoms with Crippen LogP contribution in [-0.2, 0) is 11.3 Å². The summed E-state index contributed by atoms with van der Waals surface area (Å²) in [7, 11) is 0. The first-order valence-corrected chi connectivity index (χ1v) is 7.18. The highest BCUT2D eigenvalue weighted by Gasteiger charge is 2.18. The van der Waals surface area contributed by atoms with Crippen LogP contribution in [0.3, 0.4) is 0 Å². The molecule has 0 radical (unpaired) electrons. The Morgan fingerprint density at radius 1 is 1.18 bits per heavy atom. The van der Waals surface area contributed by atoms with Crippen molar-refractivity contribution in [1.82, 2.24) is 4.98 Å². The normalized spacial score (nSPS) is 14.9. The zero-order chi connectivity index (χ0) is 15.4. The van der Waals surface area contributed by atoms with Crippen molar-refractivity contribution in [3.63, 3.8) is 0 Å². The summed E-state index contributed by atoms with van der Waals surface area (Å²) in [6, 6.07) is 6.12. The van der Waals surface area contributed by atoms with Crippen LogP contribution in [0.2, 0.25) is 0 Å². The third-order valence-corrected chi connectivity index (χ3v) is 3.59. The molecule has 1 saturated heterocycles. The molecule has 4 nitrogen and oxygen atoms in total. The summed E-state index contributed by atoms with van der Waals surface area (Å²) in [6.45, 7) is 2.59. The van der Waals surface area contributed by atoms with Crippen molar-refractivity contribution in [2.75, 3.05) is 36.5 Å². The number of hydrogen-bond acceptors (Lipinski definition) is 4. The van der Waals surface area contributed by atoms with E-state index in [4.69, 9.17) is 4.74 Å². The second-order valence-corrected chi connectivity index (χ2v) is 5.10. The third kappa shape index (κ3) is 3.33. The van der Waals surface area contributed by atoms with Crippen LogP contribution in [0.25, 0.3) is 0 Å². The van der Waals surface area contributed by atoms with Crippen LogP contribution in [0.1, 0.15) is 5.56 Å². The largest absolute Gasteiger partial charge is 0.378 e. The number of aromatic nitrogens is 1. The van der Waals surface area contributed by atoms with Crippen molar-refractivity contribution < 1.29 is 13.5 Å². The Labute approximate surface area is 127 Å². The van der Waals surface area contributed by atoms with E-state index in [0.717, 1.165) is 5.56 Å². The van der Waals surface area contributed by atoms with Gasteiger partial charge in [0.25, 0.3) is 0 Å². The third-order valence-electron chi connectivity index (χ3n) is 3.59. The van der Waals surface area contributed by atoms with Gasteiger partial charge in [-0.3, -0.25) is 4.98 Å². The molecule has 0 unspecified atom stereocenters. The van der Waals surface area contributed by atoms with Gasteiger partial charge in [-0.1, -0.05) is 6.07 Å². The number of anilines is 2. The molecule has 0 spiro atoms. The number of morpholine rings is 1. The van der Waals surface area contributed by atoms with Gasteiger partial charge in [-0.25, -0.2) is 8.78 Å². The standard InChI is InChI=1S/C16H17F2N3O/c17-13-9-16(21-4-6-22-7-5-21)14(18)8-15(13)20-11-12-2-1-3-19-10-12/h1-3,8-10,20H,4-7,11H2. The highest BCUT2D eigenvalue weighted by Crippen LogP contribution is 2.27. The molecule has 116 valence electrons. The number of pyridine rings is 1. The summed E-state index contributed by atoms with van der Waals surface area (Å²) in [5, 5.41) is 2.90. The Morgan fingerprint density at radius 3 is 2.73 bits per heavy atom. The van der Waals surface area contributed by atoms with Crippen molar-refractivity contribution in [1.29, 1.82) is 0 Å². The van der Waals surface area contributed by atoms with Crippen molar-refractivity contribution in [2.24, 2.45) is 0 Å². The minimum atomic E-state index is -0.466. The Morgan fingerprint density at radius 2 is 2.00 bits per heavy atom. The average Bonchev–Trinajstić information content (AvgIpc) is 2.57. The van der Waals surface area contributed by atoms with Gasteiger partial charge < -0.3 is 15.0 Å². The molecule has 3 rings (SSSR count). The first kappa shape index (κ1) is 14.7. The zero-order valence-corrected chi connectivity index (χ0v) is 12.1. The van der Waals surface area contributed by atoms with E-state index in [1.165, 1.54) is 12.1 Å². The summed E-state index contributed by atoms with van der Waals surface area (Å²) >= 11 is 0. The molecular weight excluding hydrogens is 288 g/mol. The molecule has 1 aliphatic rings. The average molecular weight is 305 g/mol. The van der Waals surface area contributed by atoms with Crippen molar-refractivity contribution in [2.45, 2.75) is 6.54 Å². The second kappa shape index (κ2) is 6.70. The molecule has 0 saturated carbocycles. The van der Waals surface area contributed by atoms with Gasteiger partial charge in [0.1, 0.15) is 11.6 Å². The van der Waals surface area contributed by atoms with Crippen LogP contribution in [0.4, 0.5) is 20.2 Å². The first-order chi connectivity index (χ1) is 10.7. The van der Waals surface area contributed by atoms with Crippen LogP contribution < -0.4 is 10.2 Å². The number of benzene rings is 1. The van der Waals surface area contributed by atoms with Crippen LogP contribution in [-0.4, -0.2) is 31.3 Å². The van der Waals surface area contributed by atoms with Crippen LogP contribution in [0.5, 0.6) is 0 Å². The van der Waals surface area contributed by atoms with Crippen LogP contribution >= 0.6 is 0 Å². The predicted molar refractivity (Wildman–Crippen MR) is 81.0 cm³/mol. The lowest BCUT2D eigenvalue weighted by molar-refractivity contribution is 0.122. The molecule has 1 aromatic heterocycles. The van der Waals surface area contributed by atoms with Crippen LogP contribution in [0, 0.1) is 11.6 Å². The number of nitrogens with one attached hydrogen (secondary N) is 1. The topological polar surface area (TPSA) is 37.4 Å². The van der Waals surface area contributed by atoms with E-state index >= 15 is 0 Å². The van der Waals surface area contributed by atoms with E-state index in [1.807, 2.05) is 6.07 Å². The highest BCUT2D eigenvalue weighted by atomic mass is 19.1. The molecule has 0 bridgehead atoms. The summed E-state index contributed by atoms with van der Waals surface area (Å²) in [6.07, 6.45) is 3.35. The lowest BCUT2D eigenvalue weighted by Crippen LogP contribution is -2.36. The van der Waals surface area contributed by atoms with Gasteiger partial charge in [0, 0.05) is 44.2 Å². The van der Waals surface area contributed by atoms with Gasteiger partial charge in [-0.2, -0.15) is 0 Å². The molecular formula is C16H17F2N3O. The quantitative estimate of drug-likeness (QED) is 0.942. The summed E-state index contributed by atoms with van der Waals surface area (Å²) in [5.74, 6) is -0.899. The van der Waals surface area contributed by atoms with Crippen molar-refractivity contribution >= 4 is 11.4 Å². The maximum absolute atomic E-state index is 14.2. The molecule has 2 heterocycles. The summed E-state index contributed by atoms with van der Waals surface area (Å²) in [5.41, 5.74) is 1.34. The molecule has 6 heteroatoms. The maximum atomic E-state index is 14.2.